The maximum atomic E-state index is 12.6. The Balaban J connectivity index is 1.48. The minimum atomic E-state index is -1.83. The summed E-state index contributed by atoms with van der Waals surface area (Å²) in [5.74, 6) is -1.78. The van der Waals surface area contributed by atoms with Gasteiger partial charge in [-0.3, -0.25) is 23.9 Å². The van der Waals surface area contributed by atoms with Gasteiger partial charge in [0, 0.05) is 25.4 Å². The number of hydrogen-bond donors (Lipinski definition) is 10. The fourth-order valence-corrected chi connectivity index (χ4v) is 6.88. The van der Waals surface area contributed by atoms with E-state index in [9.17, 15) is 44.7 Å². The first-order chi connectivity index (χ1) is 25.9. The summed E-state index contributed by atoms with van der Waals surface area (Å²) in [7, 11) is 0. The summed E-state index contributed by atoms with van der Waals surface area (Å²) in [5.41, 5.74) is 10.0. The largest absolute Gasteiger partial charge is 0.480 e. The van der Waals surface area contributed by atoms with Gasteiger partial charge in [-0.25, -0.2) is 4.79 Å². The summed E-state index contributed by atoms with van der Waals surface area (Å²) in [4.78, 5) is 51.2. The van der Waals surface area contributed by atoms with Crippen molar-refractivity contribution in [2.24, 2.45) is 11.5 Å². The van der Waals surface area contributed by atoms with Crippen LogP contribution in [0.2, 0.25) is 0 Å². The van der Waals surface area contributed by atoms with Gasteiger partial charge >= 0.3 is 11.7 Å². The first-order valence-corrected chi connectivity index (χ1v) is 19.6. The smallest absolute Gasteiger partial charge is 0.330 e. The Labute approximate surface area is 315 Å². The van der Waals surface area contributed by atoms with Crippen LogP contribution in [-0.4, -0.2) is 128 Å². The summed E-state index contributed by atoms with van der Waals surface area (Å²) in [6, 6.07) is -1.34. The Hall–Kier alpha value is -2.78. The SMILES string of the molecule is CCCCCCCCCCCCCCC[C@H](N)C(=O)NCCCN[C@H](C(=O)O)[C@H](O[C@@H]1O[C@H](CN)[C@@H](O)[C@H]1O)[C@H]1O[C@@H](n2ccc(=O)[nH]c2=O)[C@H](O)[C@@H]1O. The number of H-pyrrole nitrogens is 1. The van der Waals surface area contributed by atoms with Gasteiger partial charge in [-0.2, -0.15) is 0 Å². The lowest BCUT2D eigenvalue weighted by atomic mass is 9.98. The van der Waals surface area contributed by atoms with Gasteiger partial charge in [0.1, 0.15) is 48.8 Å². The summed E-state index contributed by atoms with van der Waals surface area (Å²) < 4.78 is 18.0. The van der Waals surface area contributed by atoms with Gasteiger partial charge in [0.2, 0.25) is 5.91 Å². The number of aromatic nitrogens is 2. The minimum absolute atomic E-state index is 0.0154. The van der Waals surface area contributed by atoms with Gasteiger partial charge in [0.05, 0.1) is 6.04 Å². The lowest BCUT2D eigenvalue weighted by Gasteiger charge is -2.33. The first-order valence-electron chi connectivity index (χ1n) is 19.6. The zero-order valence-corrected chi connectivity index (χ0v) is 31.4. The molecular formula is C36H64N6O12. The molecule has 0 unspecified atom stereocenters. The number of aromatic amines is 1. The number of rotatable bonds is 27. The maximum Gasteiger partial charge on any atom is 0.330 e. The van der Waals surface area contributed by atoms with E-state index in [4.69, 9.17) is 25.7 Å². The highest BCUT2D eigenvalue weighted by molar-refractivity contribution is 5.81. The van der Waals surface area contributed by atoms with Crippen molar-refractivity contribution in [2.45, 2.75) is 171 Å². The third kappa shape index (κ3) is 13.8. The normalized spacial score (nSPS) is 27.2. The number of amides is 1. The number of aliphatic carboxylic acids is 1. The lowest BCUT2D eigenvalue weighted by molar-refractivity contribution is -0.228. The predicted molar refractivity (Wildman–Crippen MR) is 197 cm³/mol. The molecule has 0 saturated carbocycles. The van der Waals surface area contributed by atoms with E-state index in [-0.39, 0.29) is 32.0 Å². The van der Waals surface area contributed by atoms with E-state index >= 15 is 0 Å². The van der Waals surface area contributed by atoms with Crippen LogP contribution < -0.4 is 33.3 Å². The second-order valence-electron chi connectivity index (χ2n) is 14.4. The van der Waals surface area contributed by atoms with Crippen molar-refractivity contribution in [2.75, 3.05) is 19.6 Å². The van der Waals surface area contributed by atoms with E-state index in [1.54, 1.807) is 0 Å². The van der Waals surface area contributed by atoms with Crippen LogP contribution in [0.15, 0.2) is 21.9 Å². The van der Waals surface area contributed by atoms with Gasteiger partial charge in [-0.1, -0.05) is 90.4 Å². The molecule has 3 rings (SSSR count). The van der Waals surface area contributed by atoms with E-state index in [2.05, 4.69) is 17.6 Å². The van der Waals surface area contributed by atoms with Crippen molar-refractivity contribution in [1.82, 2.24) is 20.2 Å². The minimum Gasteiger partial charge on any atom is -0.480 e. The number of carbonyl (C=O) groups is 2. The summed E-state index contributed by atoms with van der Waals surface area (Å²) in [5, 5.41) is 58.6. The van der Waals surface area contributed by atoms with Crippen molar-refractivity contribution in [3.05, 3.63) is 33.1 Å². The summed E-state index contributed by atoms with van der Waals surface area (Å²) in [6.07, 6.45) is 3.45. The highest BCUT2D eigenvalue weighted by atomic mass is 16.7. The quantitative estimate of drug-likeness (QED) is 0.0495. The third-order valence-corrected chi connectivity index (χ3v) is 10.1. The van der Waals surface area contributed by atoms with Crippen LogP contribution in [-0.2, 0) is 23.8 Å². The molecule has 1 amide bonds. The van der Waals surface area contributed by atoms with Gasteiger partial charge < -0.3 is 61.8 Å². The molecule has 12 N–H and O–H groups in total. The number of aliphatic hydroxyl groups is 4. The standard InChI is InChI=1S/C36H64N6O12/c1-2-3-4-5-6-7-8-9-10-11-12-13-14-16-22(38)32(48)40-19-15-18-39-25(34(49)50)30(54-35-29(47)26(44)23(21-37)52-35)31-27(45)28(46)33(53-31)42-20-17-24(43)41-36(42)51/h17,20,22-23,25-31,33,35,39,44-47H,2-16,18-19,21,37-38H2,1H3,(H,40,48)(H,49,50)(H,41,43,51)/t22-,23+,25-,26+,27-,28+,29+,30-,31-,33+,35-/m0/s1. The molecule has 2 aliphatic rings. The fraction of sp³-hybridized carbons (Fsp3) is 0.833. The van der Waals surface area contributed by atoms with Crippen molar-refractivity contribution < 1.29 is 49.3 Å². The van der Waals surface area contributed by atoms with Gasteiger partial charge in [0.15, 0.2) is 12.5 Å². The number of carbonyl (C=O) groups excluding carboxylic acids is 1. The number of nitrogens with one attached hydrogen (secondary N) is 3. The number of ether oxygens (including phenoxy) is 3. The number of unbranched alkanes of at least 4 members (excludes halogenated alkanes) is 12. The Bertz CT molecular complexity index is 1370. The topological polar surface area (TPSA) is 294 Å². The second-order valence-corrected chi connectivity index (χ2v) is 14.4. The number of nitrogens with two attached hydrogens (primary N) is 2. The Morgan fingerprint density at radius 1 is 0.870 bits per heavy atom. The summed E-state index contributed by atoms with van der Waals surface area (Å²) in [6.45, 7) is 2.22. The lowest BCUT2D eigenvalue weighted by Crippen LogP contribution is -2.57. The number of nitrogens with zero attached hydrogens (tertiary/aromatic N) is 1. The van der Waals surface area contributed by atoms with Crippen molar-refractivity contribution in [3.63, 3.8) is 0 Å². The van der Waals surface area contributed by atoms with E-state index in [1.807, 2.05) is 4.98 Å². The molecule has 0 spiro atoms. The van der Waals surface area contributed by atoms with E-state index in [0.29, 0.717) is 6.42 Å². The molecule has 2 saturated heterocycles. The fourth-order valence-electron chi connectivity index (χ4n) is 6.88. The van der Waals surface area contributed by atoms with Crippen molar-refractivity contribution in [1.29, 1.82) is 0 Å². The molecule has 3 heterocycles. The Morgan fingerprint density at radius 2 is 1.48 bits per heavy atom. The molecule has 18 heteroatoms. The number of carboxylic acids is 1. The van der Waals surface area contributed by atoms with Crippen LogP contribution >= 0.6 is 0 Å². The van der Waals surface area contributed by atoms with E-state index < -0.39 is 84.5 Å². The number of aliphatic hydroxyl groups excluding tert-OH is 4. The van der Waals surface area contributed by atoms with Crippen LogP contribution in [0.4, 0.5) is 0 Å². The average Bonchev–Trinajstić information content (AvgIpc) is 3.59. The molecule has 310 valence electrons. The average molecular weight is 773 g/mol. The molecule has 0 aromatic carbocycles. The molecule has 1 aromatic heterocycles. The second kappa shape index (κ2) is 24.0. The van der Waals surface area contributed by atoms with E-state index in [1.165, 1.54) is 64.2 Å². The summed E-state index contributed by atoms with van der Waals surface area (Å²) >= 11 is 0. The monoisotopic (exact) mass is 772 g/mol. The molecule has 0 bridgehead atoms. The van der Waals surface area contributed by atoms with E-state index in [0.717, 1.165) is 36.1 Å². The van der Waals surface area contributed by atoms with Crippen LogP contribution in [0.1, 0.15) is 109 Å². The first kappa shape index (κ1) is 45.6. The zero-order chi connectivity index (χ0) is 39.6. The zero-order valence-electron chi connectivity index (χ0n) is 31.4. The highest BCUT2D eigenvalue weighted by Crippen LogP contribution is 2.34. The van der Waals surface area contributed by atoms with Crippen LogP contribution in [0.3, 0.4) is 0 Å². The Kier molecular flexibility index (Phi) is 20.3. The molecule has 0 aliphatic carbocycles. The molecule has 54 heavy (non-hydrogen) atoms. The molecule has 2 fully saturated rings. The van der Waals surface area contributed by atoms with Crippen LogP contribution in [0.5, 0.6) is 0 Å². The molecular weight excluding hydrogens is 708 g/mol. The maximum absolute atomic E-state index is 12.6. The molecule has 1 aromatic rings. The molecule has 2 aliphatic heterocycles. The predicted octanol–water partition coefficient (Wildman–Crippen LogP) is -0.696. The van der Waals surface area contributed by atoms with Gasteiger partial charge in [0.25, 0.3) is 5.56 Å². The molecule has 0 radical (unpaired) electrons. The van der Waals surface area contributed by atoms with Crippen LogP contribution in [0.25, 0.3) is 0 Å². The van der Waals surface area contributed by atoms with Crippen molar-refractivity contribution in [3.8, 4) is 0 Å². The number of hydrogen-bond acceptors (Lipinski definition) is 14. The van der Waals surface area contributed by atoms with Gasteiger partial charge in [-0.15, -0.1) is 0 Å². The van der Waals surface area contributed by atoms with Gasteiger partial charge in [-0.05, 0) is 19.4 Å². The molecule has 11 atom stereocenters. The molecule has 18 nitrogen and oxygen atoms in total. The number of carboxylic acid groups (broad SMARTS) is 1. The van der Waals surface area contributed by atoms with Crippen LogP contribution in [0, 0.1) is 0 Å². The third-order valence-electron chi connectivity index (χ3n) is 10.1. The highest BCUT2D eigenvalue weighted by Gasteiger charge is 2.54. The Morgan fingerprint density at radius 3 is 2.04 bits per heavy atom. The van der Waals surface area contributed by atoms with Crippen molar-refractivity contribution >= 4 is 11.9 Å².